The number of fused-ring (bicyclic) bond motifs is 1. The van der Waals surface area contributed by atoms with Crippen molar-refractivity contribution in [2.45, 2.75) is 33.2 Å². The van der Waals surface area contributed by atoms with E-state index in [-0.39, 0.29) is 22.9 Å². The summed E-state index contributed by atoms with van der Waals surface area (Å²) in [5.74, 6) is -1.28. The third kappa shape index (κ3) is 4.37. The molecule has 8 heteroatoms. The molecule has 1 aliphatic heterocycles. The molecule has 1 N–H and O–H groups in total. The Bertz CT molecular complexity index is 1010. The number of carbonyl (C=O) groups excluding carboxylic acids is 3. The van der Waals surface area contributed by atoms with Gasteiger partial charge in [0.1, 0.15) is 6.54 Å². The average Bonchev–Trinajstić information content (AvgIpc) is 2.92. The third-order valence-electron chi connectivity index (χ3n) is 4.97. The van der Waals surface area contributed by atoms with Gasteiger partial charge in [-0.25, -0.2) is 0 Å². The SMILES string of the molecule is CC(C)Cc1ccc([C@H](C)NC(=O)CN2C(=O)c3ccc([N+](=O)[O-])cc3C2=O)cc1. The van der Waals surface area contributed by atoms with E-state index in [1.54, 1.807) is 0 Å². The molecule has 1 atom stereocenters. The monoisotopic (exact) mass is 409 g/mol. The minimum Gasteiger partial charge on any atom is -0.348 e. The van der Waals surface area contributed by atoms with Gasteiger partial charge >= 0.3 is 0 Å². The molecule has 30 heavy (non-hydrogen) atoms. The summed E-state index contributed by atoms with van der Waals surface area (Å²) >= 11 is 0. The van der Waals surface area contributed by atoms with Crippen LogP contribution >= 0.6 is 0 Å². The Balaban J connectivity index is 1.65. The number of hydrogen-bond acceptors (Lipinski definition) is 5. The quantitative estimate of drug-likeness (QED) is 0.429. The van der Waals surface area contributed by atoms with Gasteiger partial charge in [0.2, 0.25) is 5.91 Å². The number of benzene rings is 2. The highest BCUT2D eigenvalue weighted by Gasteiger charge is 2.37. The molecule has 3 rings (SSSR count). The normalized spacial score (nSPS) is 14.1. The van der Waals surface area contributed by atoms with Gasteiger partial charge < -0.3 is 5.32 Å². The van der Waals surface area contributed by atoms with Crippen molar-refractivity contribution in [1.29, 1.82) is 0 Å². The zero-order valence-corrected chi connectivity index (χ0v) is 17.0. The number of hydrogen-bond donors (Lipinski definition) is 1. The fourth-order valence-corrected chi connectivity index (χ4v) is 3.46. The zero-order chi connectivity index (χ0) is 22.0. The van der Waals surface area contributed by atoms with Crippen molar-refractivity contribution in [2.75, 3.05) is 6.54 Å². The van der Waals surface area contributed by atoms with Gasteiger partial charge in [-0.3, -0.25) is 29.4 Å². The maximum atomic E-state index is 12.5. The molecule has 1 heterocycles. The second kappa shape index (κ2) is 8.44. The lowest BCUT2D eigenvalue weighted by atomic mass is 10.00. The molecular weight excluding hydrogens is 386 g/mol. The Morgan fingerprint density at radius 2 is 1.67 bits per heavy atom. The Morgan fingerprint density at radius 3 is 2.27 bits per heavy atom. The first-order chi connectivity index (χ1) is 14.2. The largest absolute Gasteiger partial charge is 0.348 e. The Morgan fingerprint density at radius 1 is 1.03 bits per heavy atom. The van der Waals surface area contributed by atoms with Gasteiger partial charge in [0.15, 0.2) is 0 Å². The first-order valence-corrected chi connectivity index (χ1v) is 9.70. The average molecular weight is 409 g/mol. The molecule has 0 saturated heterocycles. The second-order valence-electron chi connectivity index (χ2n) is 7.81. The fraction of sp³-hybridized carbons (Fsp3) is 0.318. The van der Waals surface area contributed by atoms with Crippen LogP contribution in [0.25, 0.3) is 0 Å². The van der Waals surface area contributed by atoms with Crippen LogP contribution < -0.4 is 5.32 Å². The topological polar surface area (TPSA) is 110 Å². The molecule has 156 valence electrons. The van der Waals surface area contributed by atoms with E-state index < -0.39 is 29.2 Å². The van der Waals surface area contributed by atoms with Gasteiger partial charge in [-0.15, -0.1) is 0 Å². The van der Waals surface area contributed by atoms with Gasteiger partial charge in [-0.1, -0.05) is 38.1 Å². The summed E-state index contributed by atoms with van der Waals surface area (Å²) in [6, 6.07) is 11.1. The van der Waals surface area contributed by atoms with Crippen LogP contribution in [0.4, 0.5) is 5.69 Å². The summed E-state index contributed by atoms with van der Waals surface area (Å²) in [6.07, 6.45) is 0.971. The van der Waals surface area contributed by atoms with E-state index in [1.165, 1.54) is 17.7 Å². The molecule has 8 nitrogen and oxygen atoms in total. The van der Waals surface area contributed by atoms with Gasteiger partial charge in [-0.2, -0.15) is 0 Å². The smallest absolute Gasteiger partial charge is 0.270 e. The fourth-order valence-electron chi connectivity index (χ4n) is 3.46. The highest BCUT2D eigenvalue weighted by atomic mass is 16.6. The summed E-state index contributed by atoms with van der Waals surface area (Å²) in [4.78, 5) is 48.5. The molecule has 3 amide bonds. The molecule has 0 unspecified atom stereocenters. The molecule has 2 aromatic rings. The number of nitrogens with zero attached hydrogens (tertiary/aromatic N) is 2. The lowest BCUT2D eigenvalue weighted by molar-refractivity contribution is -0.384. The van der Waals surface area contributed by atoms with Gasteiger partial charge in [0, 0.05) is 12.1 Å². The Kier molecular flexibility index (Phi) is 5.96. The third-order valence-corrected chi connectivity index (χ3v) is 4.97. The van der Waals surface area contributed by atoms with E-state index in [1.807, 2.05) is 31.2 Å². The van der Waals surface area contributed by atoms with E-state index in [4.69, 9.17) is 0 Å². The molecule has 0 spiro atoms. The first-order valence-electron chi connectivity index (χ1n) is 9.70. The van der Waals surface area contributed by atoms with Crippen LogP contribution in [0, 0.1) is 16.0 Å². The number of non-ortho nitro benzene ring substituents is 1. The van der Waals surface area contributed by atoms with Crippen molar-refractivity contribution in [2.24, 2.45) is 5.92 Å². The van der Waals surface area contributed by atoms with Crippen LogP contribution in [0.15, 0.2) is 42.5 Å². The maximum absolute atomic E-state index is 12.5. The van der Waals surface area contributed by atoms with Crippen LogP contribution in [0.3, 0.4) is 0 Å². The highest BCUT2D eigenvalue weighted by Crippen LogP contribution is 2.26. The number of imide groups is 1. The zero-order valence-electron chi connectivity index (χ0n) is 17.0. The number of nitrogens with one attached hydrogen (secondary N) is 1. The molecular formula is C22H23N3O5. The molecule has 0 radical (unpaired) electrons. The summed E-state index contributed by atoms with van der Waals surface area (Å²) in [7, 11) is 0. The number of amides is 3. The minimum absolute atomic E-state index is 0.0595. The van der Waals surface area contributed by atoms with E-state index in [0.29, 0.717) is 5.92 Å². The number of nitro groups is 1. The second-order valence-corrected chi connectivity index (χ2v) is 7.81. The van der Waals surface area contributed by atoms with E-state index >= 15 is 0 Å². The van der Waals surface area contributed by atoms with Gasteiger partial charge in [0.05, 0.1) is 22.1 Å². The van der Waals surface area contributed by atoms with Gasteiger partial charge in [0.25, 0.3) is 17.5 Å². The number of nitro benzene ring substituents is 1. The van der Waals surface area contributed by atoms with Crippen molar-refractivity contribution in [3.8, 4) is 0 Å². The molecule has 0 saturated carbocycles. The van der Waals surface area contributed by atoms with Crippen LogP contribution in [0.5, 0.6) is 0 Å². The molecule has 0 fully saturated rings. The number of rotatable bonds is 7. The van der Waals surface area contributed by atoms with Crippen molar-refractivity contribution in [3.05, 3.63) is 74.8 Å². The summed E-state index contributed by atoms with van der Waals surface area (Å²) in [5, 5.41) is 13.7. The van der Waals surface area contributed by atoms with Crippen molar-refractivity contribution < 1.29 is 19.3 Å². The predicted molar refractivity (Wildman–Crippen MR) is 110 cm³/mol. The lowest BCUT2D eigenvalue weighted by Gasteiger charge is -2.18. The van der Waals surface area contributed by atoms with Crippen LogP contribution in [0.1, 0.15) is 58.7 Å². The van der Waals surface area contributed by atoms with Crippen LogP contribution in [0.2, 0.25) is 0 Å². The van der Waals surface area contributed by atoms with Crippen LogP contribution in [-0.2, 0) is 11.2 Å². The standard InChI is InChI=1S/C22H23N3O5/c1-13(2)10-15-4-6-16(7-5-15)14(3)23-20(26)12-24-21(27)18-9-8-17(25(29)30)11-19(18)22(24)28/h4-9,11,13-14H,10,12H2,1-3H3,(H,23,26)/t14-/m0/s1. The molecule has 0 aliphatic carbocycles. The molecule has 0 bridgehead atoms. The van der Waals surface area contributed by atoms with E-state index in [2.05, 4.69) is 19.2 Å². The van der Waals surface area contributed by atoms with E-state index in [0.717, 1.165) is 23.0 Å². The predicted octanol–water partition coefficient (Wildman–Crippen LogP) is 3.27. The lowest BCUT2D eigenvalue weighted by Crippen LogP contribution is -2.41. The summed E-state index contributed by atoms with van der Waals surface area (Å²) in [6.45, 7) is 5.67. The Labute approximate surface area is 174 Å². The van der Waals surface area contributed by atoms with Gasteiger partial charge in [-0.05, 0) is 36.5 Å². The Hall–Kier alpha value is -3.55. The van der Waals surface area contributed by atoms with Crippen LogP contribution in [-0.4, -0.2) is 34.1 Å². The first kappa shape index (κ1) is 21.2. The summed E-state index contributed by atoms with van der Waals surface area (Å²) < 4.78 is 0. The van der Waals surface area contributed by atoms with Crippen molar-refractivity contribution in [3.63, 3.8) is 0 Å². The molecule has 0 aromatic heterocycles. The molecule has 1 aliphatic rings. The maximum Gasteiger partial charge on any atom is 0.270 e. The van der Waals surface area contributed by atoms with Crippen molar-refractivity contribution in [1.82, 2.24) is 10.2 Å². The minimum atomic E-state index is -0.709. The van der Waals surface area contributed by atoms with Crippen molar-refractivity contribution >= 4 is 23.4 Å². The highest BCUT2D eigenvalue weighted by molar-refractivity contribution is 6.22. The number of carbonyl (C=O) groups is 3. The van der Waals surface area contributed by atoms with E-state index in [9.17, 15) is 24.5 Å². The summed E-state index contributed by atoms with van der Waals surface area (Å²) in [5.41, 5.74) is 1.85. The molecule has 2 aromatic carbocycles.